The van der Waals surface area contributed by atoms with E-state index in [9.17, 15) is 0 Å². The summed E-state index contributed by atoms with van der Waals surface area (Å²) in [6.45, 7) is 1.38. The molecule has 0 aliphatic carbocycles. The van der Waals surface area contributed by atoms with Crippen molar-refractivity contribution >= 4 is 17.4 Å². The van der Waals surface area contributed by atoms with E-state index in [1.807, 2.05) is 36.4 Å². The minimum absolute atomic E-state index is 0.683. The predicted octanol–water partition coefficient (Wildman–Crippen LogP) is 3.59. The topological polar surface area (TPSA) is 53.7 Å². The summed E-state index contributed by atoms with van der Waals surface area (Å²) < 4.78 is 16.6. The van der Waals surface area contributed by atoms with Crippen molar-refractivity contribution in [3.63, 3.8) is 0 Å². The van der Waals surface area contributed by atoms with Crippen molar-refractivity contribution in [2.45, 2.75) is 16.2 Å². The summed E-state index contributed by atoms with van der Waals surface area (Å²) >= 11 is 1.58. The lowest BCUT2D eigenvalue weighted by Gasteiger charge is -2.11. The Hall–Kier alpha value is -2.01. The molecular formula is C16H17NO3S. The highest BCUT2D eigenvalue weighted by Gasteiger charge is 2.12. The van der Waals surface area contributed by atoms with E-state index in [0.29, 0.717) is 13.2 Å². The maximum Gasteiger partial charge on any atom is 0.162 e. The lowest BCUT2D eigenvalue weighted by atomic mass is 10.3. The zero-order valence-electron chi connectivity index (χ0n) is 11.8. The van der Waals surface area contributed by atoms with Crippen molar-refractivity contribution in [2.24, 2.45) is 0 Å². The number of anilines is 1. The van der Waals surface area contributed by atoms with Crippen LogP contribution in [0.15, 0.2) is 46.2 Å². The molecule has 1 aliphatic rings. The van der Waals surface area contributed by atoms with E-state index in [1.165, 1.54) is 0 Å². The summed E-state index contributed by atoms with van der Waals surface area (Å²) in [5, 5.41) is 0. The molecule has 110 valence electrons. The molecule has 0 spiro atoms. The van der Waals surface area contributed by atoms with Crippen LogP contribution in [0.3, 0.4) is 0 Å². The van der Waals surface area contributed by atoms with E-state index >= 15 is 0 Å². The van der Waals surface area contributed by atoms with E-state index in [0.717, 1.165) is 39.1 Å². The fraction of sp³-hybridized carbons (Fsp3) is 0.250. The number of methoxy groups -OCH3 is 1. The van der Waals surface area contributed by atoms with Crippen molar-refractivity contribution in [3.8, 4) is 17.2 Å². The van der Waals surface area contributed by atoms with Crippen molar-refractivity contribution in [3.05, 3.63) is 36.4 Å². The third-order valence-electron chi connectivity index (χ3n) is 3.17. The first-order valence-corrected chi connectivity index (χ1v) is 7.59. The first-order chi connectivity index (χ1) is 10.3. The second-order valence-corrected chi connectivity index (χ2v) is 5.78. The molecule has 21 heavy (non-hydrogen) atoms. The van der Waals surface area contributed by atoms with Crippen LogP contribution in [0.4, 0.5) is 5.69 Å². The highest BCUT2D eigenvalue weighted by atomic mass is 32.2. The Morgan fingerprint density at radius 3 is 2.67 bits per heavy atom. The standard InChI is InChI=1S/C16H17NO3S/c1-18-11-3-5-13(17)16(9-11)21-12-4-6-14-15(10-12)20-8-2-7-19-14/h3-6,9-10H,2,7-8,17H2,1H3. The molecule has 3 rings (SSSR count). The fourth-order valence-electron chi connectivity index (χ4n) is 2.06. The number of hydrogen-bond donors (Lipinski definition) is 1. The normalized spacial score (nSPS) is 13.6. The molecule has 5 heteroatoms. The molecule has 0 atom stereocenters. The molecule has 2 aromatic carbocycles. The van der Waals surface area contributed by atoms with E-state index in [-0.39, 0.29) is 0 Å². The van der Waals surface area contributed by atoms with Gasteiger partial charge >= 0.3 is 0 Å². The average molecular weight is 303 g/mol. The predicted molar refractivity (Wildman–Crippen MR) is 83.6 cm³/mol. The molecule has 4 nitrogen and oxygen atoms in total. The van der Waals surface area contributed by atoms with Gasteiger partial charge in [0.05, 0.1) is 20.3 Å². The quantitative estimate of drug-likeness (QED) is 0.878. The Labute approximate surface area is 128 Å². The second kappa shape index (κ2) is 6.18. The summed E-state index contributed by atoms with van der Waals surface area (Å²) in [6, 6.07) is 11.6. The van der Waals surface area contributed by atoms with Crippen LogP contribution in [-0.4, -0.2) is 20.3 Å². The average Bonchev–Trinajstić information content (AvgIpc) is 2.74. The minimum atomic E-state index is 0.683. The summed E-state index contributed by atoms with van der Waals surface area (Å²) in [5.74, 6) is 2.38. The SMILES string of the molecule is COc1ccc(N)c(Sc2ccc3c(c2)OCCCO3)c1. The molecule has 0 amide bonds. The van der Waals surface area contributed by atoms with E-state index in [4.69, 9.17) is 19.9 Å². The Kier molecular flexibility index (Phi) is 4.10. The molecule has 1 heterocycles. The van der Waals surface area contributed by atoms with Crippen molar-refractivity contribution < 1.29 is 14.2 Å². The summed E-state index contributed by atoms with van der Waals surface area (Å²) in [7, 11) is 1.65. The Bertz CT molecular complexity index is 645. The van der Waals surface area contributed by atoms with Gasteiger partial charge in [-0.15, -0.1) is 0 Å². The van der Waals surface area contributed by atoms with E-state index in [2.05, 4.69) is 0 Å². The molecule has 2 N–H and O–H groups in total. The molecule has 0 bridgehead atoms. The zero-order chi connectivity index (χ0) is 14.7. The van der Waals surface area contributed by atoms with Gasteiger partial charge in [-0.3, -0.25) is 0 Å². The van der Waals surface area contributed by atoms with Gasteiger partial charge in [0, 0.05) is 21.9 Å². The Balaban J connectivity index is 1.86. The van der Waals surface area contributed by atoms with Crippen LogP contribution in [0, 0.1) is 0 Å². The molecule has 0 fully saturated rings. The van der Waals surface area contributed by atoms with Crippen LogP contribution in [0.2, 0.25) is 0 Å². The monoisotopic (exact) mass is 303 g/mol. The highest BCUT2D eigenvalue weighted by molar-refractivity contribution is 7.99. The smallest absolute Gasteiger partial charge is 0.162 e. The molecule has 0 saturated carbocycles. The Morgan fingerprint density at radius 2 is 1.86 bits per heavy atom. The van der Waals surface area contributed by atoms with Crippen LogP contribution in [0.5, 0.6) is 17.2 Å². The fourth-order valence-corrected chi connectivity index (χ4v) is 2.98. The van der Waals surface area contributed by atoms with Gasteiger partial charge in [0.1, 0.15) is 5.75 Å². The summed E-state index contributed by atoms with van der Waals surface area (Å²) in [5.41, 5.74) is 6.75. The molecule has 2 aromatic rings. The van der Waals surface area contributed by atoms with Gasteiger partial charge < -0.3 is 19.9 Å². The molecule has 0 aromatic heterocycles. The van der Waals surface area contributed by atoms with Crippen molar-refractivity contribution in [2.75, 3.05) is 26.1 Å². The maximum atomic E-state index is 6.02. The first-order valence-electron chi connectivity index (χ1n) is 6.77. The van der Waals surface area contributed by atoms with Crippen LogP contribution < -0.4 is 19.9 Å². The lowest BCUT2D eigenvalue weighted by Crippen LogP contribution is -1.97. The molecule has 0 saturated heterocycles. The summed E-state index contributed by atoms with van der Waals surface area (Å²) in [4.78, 5) is 2.02. The van der Waals surface area contributed by atoms with E-state index < -0.39 is 0 Å². The molecule has 1 aliphatic heterocycles. The largest absolute Gasteiger partial charge is 0.497 e. The lowest BCUT2D eigenvalue weighted by molar-refractivity contribution is 0.297. The van der Waals surface area contributed by atoms with Crippen molar-refractivity contribution in [1.82, 2.24) is 0 Å². The van der Waals surface area contributed by atoms with Gasteiger partial charge in [-0.1, -0.05) is 11.8 Å². The number of nitrogens with two attached hydrogens (primary N) is 1. The number of fused-ring (bicyclic) bond motifs is 1. The number of benzene rings is 2. The van der Waals surface area contributed by atoms with Gasteiger partial charge in [-0.2, -0.15) is 0 Å². The number of nitrogen functional groups attached to an aromatic ring is 1. The Morgan fingerprint density at radius 1 is 1.05 bits per heavy atom. The first kappa shape index (κ1) is 13.9. The van der Waals surface area contributed by atoms with E-state index in [1.54, 1.807) is 18.9 Å². The molecular weight excluding hydrogens is 286 g/mol. The third-order valence-corrected chi connectivity index (χ3v) is 4.23. The van der Waals surface area contributed by atoms with Gasteiger partial charge in [-0.25, -0.2) is 0 Å². The number of hydrogen-bond acceptors (Lipinski definition) is 5. The maximum absolute atomic E-state index is 6.02. The minimum Gasteiger partial charge on any atom is -0.497 e. The van der Waals surface area contributed by atoms with Crippen molar-refractivity contribution in [1.29, 1.82) is 0 Å². The molecule has 0 unspecified atom stereocenters. The third kappa shape index (κ3) is 3.19. The van der Waals surface area contributed by atoms with Crippen LogP contribution in [0.1, 0.15) is 6.42 Å². The van der Waals surface area contributed by atoms with Crippen LogP contribution in [0.25, 0.3) is 0 Å². The highest BCUT2D eigenvalue weighted by Crippen LogP contribution is 2.39. The van der Waals surface area contributed by atoms with Gasteiger partial charge in [0.25, 0.3) is 0 Å². The van der Waals surface area contributed by atoms with Gasteiger partial charge in [0.2, 0.25) is 0 Å². The van der Waals surface area contributed by atoms with Crippen LogP contribution >= 0.6 is 11.8 Å². The van der Waals surface area contributed by atoms with Gasteiger partial charge in [-0.05, 0) is 36.4 Å². The number of rotatable bonds is 3. The van der Waals surface area contributed by atoms with Gasteiger partial charge in [0.15, 0.2) is 11.5 Å². The number of ether oxygens (including phenoxy) is 3. The molecule has 0 radical (unpaired) electrons. The summed E-state index contributed by atoms with van der Waals surface area (Å²) in [6.07, 6.45) is 0.903. The van der Waals surface area contributed by atoms with Crippen LogP contribution in [-0.2, 0) is 0 Å². The zero-order valence-corrected chi connectivity index (χ0v) is 12.6. The second-order valence-electron chi connectivity index (χ2n) is 4.66.